The summed E-state index contributed by atoms with van der Waals surface area (Å²) in [6.07, 6.45) is -3.21. The SMILES string of the molecule is CC(=O)C1CCCC(CC(Oc2ccc(C(F)(F)F)cc2)c2ccccc2)N1C(=O)OC(C)(C)C. The Morgan fingerprint density at radius 1 is 1.00 bits per heavy atom. The monoisotopic (exact) mass is 491 g/mol. The minimum atomic E-state index is -4.44. The predicted molar refractivity (Wildman–Crippen MR) is 126 cm³/mol. The molecule has 0 aromatic heterocycles. The largest absolute Gasteiger partial charge is 0.486 e. The van der Waals surface area contributed by atoms with Gasteiger partial charge in [-0.1, -0.05) is 30.3 Å². The summed E-state index contributed by atoms with van der Waals surface area (Å²) in [5.41, 5.74) is -0.661. The summed E-state index contributed by atoms with van der Waals surface area (Å²) in [4.78, 5) is 27.1. The molecule has 35 heavy (non-hydrogen) atoms. The number of carbonyl (C=O) groups excluding carboxylic acids is 2. The molecule has 0 bridgehead atoms. The molecular formula is C27H32F3NO4. The van der Waals surface area contributed by atoms with Gasteiger partial charge in [0.1, 0.15) is 17.5 Å². The van der Waals surface area contributed by atoms with E-state index < -0.39 is 35.6 Å². The highest BCUT2D eigenvalue weighted by atomic mass is 19.4. The number of benzene rings is 2. The third-order valence-electron chi connectivity index (χ3n) is 5.94. The number of hydrogen-bond acceptors (Lipinski definition) is 4. The molecule has 3 rings (SSSR count). The molecule has 0 saturated carbocycles. The highest BCUT2D eigenvalue weighted by molar-refractivity contribution is 5.86. The van der Waals surface area contributed by atoms with Crippen molar-refractivity contribution in [1.29, 1.82) is 0 Å². The van der Waals surface area contributed by atoms with Crippen molar-refractivity contribution < 1.29 is 32.2 Å². The number of likely N-dealkylation sites (tertiary alicyclic amines) is 1. The van der Waals surface area contributed by atoms with E-state index in [4.69, 9.17) is 9.47 Å². The zero-order valence-electron chi connectivity index (χ0n) is 20.5. The fourth-order valence-corrected chi connectivity index (χ4v) is 4.35. The summed E-state index contributed by atoms with van der Waals surface area (Å²) < 4.78 is 50.7. The van der Waals surface area contributed by atoms with Crippen LogP contribution in [0.15, 0.2) is 54.6 Å². The van der Waals surface area contributed by atoms with Crippen LogP contribution in [0.4, 0.5) is 18.0 Å². The summed E-state index contributed by atoms with van der Waals surface area (Å²) in [6, 6.07) is 12.9. The van der Waals surface area contributed by atoms with Crippen LogP contribution in [-0.4, -0.2) is 34.5 Å². The summed E-state index contributed by atoms with van der Waals surface area (Å²) in [5, 5.41) is 0. The van der Waals surface area contributed by atoms with Crippen LogP contribution in [0, 0.1) is 0 Å². The molecule has 5 nitrogen and oxygen atoms in total. The number of piperidine rings is 1. The normalized spacial score (nSPS) is 19.7. The van der Waals surface area contributed by atoms with Gasteiger partial charge in [0.05, 0.1) is 11.6 Å². The number of carbonyl (C=O) groups is 2. The van der Waals surface area contributed by atoms with Gasteiger partial charge in [-0.05, 0) is 76.8 Å². The molecule has 3 atom stereocenters. The Hall–Kier alpha value is -3.03. The van der Waals surface area contributed by atoms with Gasteiger partial charge >= 0.3 is 12.3 Å². The third kappa shape index (κ3) is 7.23. The summed E-state index contributed by atoms with van der Waals surface area (Å²) >= 11 is 0. The lowest BCUT2D eigenvalue weighted by Crippen LogP contribution is -2.54. The van der Waals surface area contributed by atoms with Crippen molar-refractivity contribution in [3.8, 4) is 5.75 Å². The van der Waals surface area contributed by atoms with Gasteiger partial charge in [-0.15, -0.1) is 0 Å². The maximum atomic E-state index is 13.2. The molecule has 2 aromatic rings. The lowest BCUT2D eigenvalue weighted by Gasteiger charge is -2.42. The van der Waals surface area contributed by atoms with Crippen molar-refractivity contribution in [2.24, 2.45) is 0 Å². The molecule has 190 valence electrons. The Labute approximate surface area is 204 Å². The molecule has 1 saturated heterocycles. The van der Waals surface area contributed by atoms with Crippen molar-refractivity contribution in [3.63, 3.8) is 0 Å². The molecule has 3 unspecified atom stereocenters. The van der Waals surface area contributed by atoms with Crippen molar-refractivity contribution in [2.45, 2.75) is 83.3 Å². The molecule has 8 heteroatoms. The van der Waals surface area contributed by atoms with E-state index in [9.17, 15) is 22.8 Å². The number of ether oxygens (including phenoxy) is 2. The molecule has 0 radical (unpaired) electrons. The summed E-state index contributed by atoms with van der Waals surface area (Å²) in [5.74, 6) is 0.176. The maximum absolute atomic E-state index is 13.2. The average molecular weight is 492 g/mol. The van der Waals surface area contributed by atoms with Gasteiger partial charge in [-0.3, -0.25) is 9.69 Å². The van der Waals surface area contributed by atoms with E-state index in [-0.39, 0.29) is 17.6 Å². The van der Waals surface area contributed by atoms with E-state index in [1.807, 2.05) is 30.3 Å². The smallest absolute Gasteiger partial charge is 0.416 e. The Balaban J connectivity index is 1.90. The highest BCUT2D eigenvalue weighted by Crippen LogP contribution is 2.35. The average Bonchev–Trinajstić information content (AvgIpc) is 2.77. The molecular weight excluding hydrogens is 459 g/mol. The number of halogens is 3. The zero-order valence-corrected chi connectivity index (χ0v) is 20.5. The lowest BCUT2D eigenvalue weighted by atomic mass is 9.89. The van der Waals surface area contributed by atoms with Gasteiger partial charge in [-0.2, -0.15) is 13.2 Å². The first-order valence-electron chi connectivity index (χ1n) is 11.8. The van der Waals surface area contributed by atoms with Gasteiger partial charge in [0, 0.05) is 12.5 Å². The van der Waals surface area contributed by atoms with Crippen molar-refractivity contribution in [2.75, 3.05) is 0 Å². The van der Waals surface area contributed by atoms with Gasteiger partial charge in [0.15, 0.2) is 5.78 Å². The Kier molecular flexibility index (Phi) is 8.13. The Morgan fingerprint density at radius 2 is 1.63 bits per heavy atom. The minimum Gasteiger partial charge on any atom is -0.486 e. The van der Waals surface area contributed by atoms with Crippen LogP contribution >= 0.6 is 0 Å². The molecule has 0 N–H and O–H groups in total. The van der Waals surface area contributed by atoms with E-state index in [1.165, 1.54) is 24.0 Å². The van der Waals surface area contributed by atoms with Gasteiger partial charge < -0.3 is 9.47 Å². The second-order valence-electron chi connectivity index (χ2n) is 9.87. The highest BCUT2D eigenvalue weighted by Gasteiger charge is 2.40. The molecule has 1 aliphatic heterocycles. The van der Waals surface area contributed by atoms with Gasteiger partial charge in [0.25, 0.3) is 0 Å². The van der Waals surface area contributed by atoms with Crippen LogP contribution in [0.1, 0.15) is 70.6 Å². The molecule has 1 aliphatic rings. The zero-order chi connectivity index (χ0) is 25.8. The maximum Gasteiger partial charge on any atom is 0.416 e. The molecule has 0 spiro atoms. The van der Waals surface area contributed by atoms with Crippen LogP contribution in [0.3, 0.4) is 0 Å². The van der Waals surface area contributed by atoms with E-state index in [0.29, 0.717) is 19.3 Å². The first-order chi connectivity index (χ1) is 16.3. The van der Waals surface area contributed by atoms with Crippen LogP contribution in [0.5, 0.6) is 5.75 Å². The number of Topliss-reactive ketones (excluding diaryl/α,β-unsaturated/α-hetero) is 1. The lowest BCUT2D eigenvalue weighted by molar-refractivity contribution is -0.137. The number of hydrogen-bond donors (Lipinski definition) is 0. The fourth-order valence-electron chi connectivity index (χ4n) is 4.35. The third-order valence-corrected chi connectivity index (χ3v) is 5.94. The number of ketones is 1. The second kappa shape index (κ2) is 10.7. The van der Waals surface area contributed by atoms with Crippen LogP contribution in [0.25, 0.3) is 0 Å². The van der Waals surface area contributed by atoms with E-state index in [0.717, 1.165) is 24.1 Å². The molecule has 2 aromatic carbocycles. The van der Waals surface area contributed by atoms with Crippen LogP contribution in [0.2, 0.25) is 0 Å². The van der Waals surface area contributed by atoms with E-state index in [2.05, 4.69) is 0 Å². The first-order valence-corrected chi connectivity index (χ1v) is 11.8. The first kappa shape index (κ1) is 26.6. The van der Waals surface area contributed by atoms with Crippen LogP contribution < -0.4 is 4.74 Å². The summed E-state index contributed by atoms with van der Waals surface area (Å²) in [7, 11) is 0. The molecule has 1 fully saturated rings. The summed E-state index contributed by atoms with van der Waals surface area (Å²) in [6.45, 7) is 6.78. The molecule has 0 aliphatic carbocycles. The molecule has 1 amide bonds. The standard InChI is InChI=1S/C27H32F3NO4/c1-18(32)23-12-8-11-21(31(23)25(33)35-26(2,3)4)17-24(19-9-6-5-7-10-19)34-22-15-13-20(14-16-22)27(28,29)30/h5-7,9-10,13-16,21,23-24H,8,11-12,17H2,1-4H3. The minimum absolute atomic E-state index is 0.111. The van der Waals surface area contributed by atoms with Crippen molar-refractivity contribution >= 4 is 11.9 Å². The predicted octanol–water partition coefficient (Wildman–Crippen LogP) is 6.96. The Morgan fingerprint density at radius 3 is 2.17 bits per heavy atom. The second-order valence-corrected chi connectivity index (χ2v) is 9.87. The topological polar surface area (TPSA) is 55.8 Å². The fraction of sp³-hybridized carbons (Fsp3) is 0.481. The van der Waals surface area contributed by atoms with Gasteiger partial charge in [0.2, 0.25) is 0 Å². The van der Waals surface area contributed by atoms with E-state index in [1.54, 1.807) is 20.8 Å². The van der Waals surface area contributed by atoms with Crippen molar-refractivity contribution in [3.05, 3.63) is 65.7 Å². The number of nitrogens with zero attached hydrogens (tertiary/aromatic N) is 1. The quantitative estimate of drug-likeness (QED) is 0.438. The molecule has 1 heterocycles. The Bertz CT molecular complexity index is 1000. The number of amides is 1. The van der Waals surface area contributed by atoms with Crippen molar-refractivity contribution in [1.82, 2.24) is 4.90 Å². The van der Waals surface area contributed by atoms with E-state index >= 15 is 0 Å². The number of alkyl halides is 3. The van der Waals surface area contributed by atoms with Crippen LogP contribution in [-0.2, 0) is 15.7 Å². The number of rotatable bonds is 6. The van der Waals surface area contributed by atoms with Gasteiger partial charge in [-0.25, -0.2) is 4.79 Å².